The summed E-state index contributed by atoms with van der Waals surface area (Å²) in [7, 11) is 0. The van der Waals surface area contributed by atoms with Gasteiger partial charge in [0.1, 0.15) is 11.3 Å². The Hall–Kier alpha value is -2.33. The Bertz CT molecular complexity index is 885. The fourth-order valence-electron chi connectivity index (χ4n) is 2.83. The van der Waals surface area contributed by atoms with Crippen LogP contribution >= 0.6 is 11.6 Å². The van der Waals surface area contributed by atoms with Crippen molar-refractivity contribution in [1.29, 1.82) is 0 Å². The van der Waals surface area contributed by atoms with Crippen molar-refractivity contribution in [2.45, 2.75) is 33.1 Å². The predicted octanol–water partition coefficient (Wildman–Crippen LogP) is 4.74. The number of carbonyl (C=O) groups excluding carboxylic acids is 1. The third-order valence-electron chi connectivity index (χ3n) is 4.16. The SMILES string of the molecule is CCC(=O)OCCc1ccc(-n2c(CC)nc3c(Cl)cccc32)cc1. The number of imidazole rings is 1. The minimum absolute atomic E-state index is 0.161. The second-order valence-corrected chi connectivity index (χ2v) is 6.22. The van der Waals surface area contributed by atoms with Gasteiger partial charge in [0.05, 0.1) is 17.1 Å². The standard InChI is InChI=1S/C20H21ClN2O2/c1-3-18-22-20-16(21)6-5-7-17(20)23(18)15-10-8-14(9-11-15)12-13-25-19(24)4-2/h5-11H,3-4,12-13H2,1-2H3. The average molecular weight is 357 g/mol. The summed E-state index contributed by atoms with van der Waals surface area (Å²) < 4.78 is 7.28. The molecule has 5 heteroatoms. The lowest BCUT2D eigenvalue weighted by molar-refractivity contribution is -0.143. The van der Waals surface area contributed by atoms with E-state index < -0.39 is 0 Å². The van der Waals surface area contributed by atoms with E-state index in [2.05, 4.69) is 40.7 Å². The molecule has 0 N–H and O–H groups in total. The van der Waals surface area contributed by atoms with Gasteiger partial charge in [-0.15, -0.1) is 0 Å². The van der Waals surface area contributed by atoms with E-state index in [9.17, 15) is 4.79 Å². The zero-order chi connectivity index (χ0) is 17.8. The summed E-state index contributed by atoms with van der Waals surface area (Å²) in [6, 6.07) is 14.1. The van der Waals surface area contributed by atoms with Crippen LogP contribution in [0.15, 0.2) is 42.5 Å². The molecule has 0 aliphatic rings. The molecule has 4 nitrogen and oxygen atoms in total. The van der Waals surface area contributed by atoms with E-state index in [0.29, 0.717) is 24.5 Å². The fraction of sp³-hybridized carbons (Fsp3) is 0.300. The van der Waals surface area contributed by atoms with Crippen LogP contribution in [0.5, 0.6) is 0 Å². The Morgan fingerprint density at radius 1 is 1.16 bits per heavy atom. The van der Waals surface area contributed by atoms with Gasteiger partial charge in [-0.1, -0.05) is 43.6 Å². The molecular formula is C20H21ClN2O2. The summed E-state index contributed by atoms with van der Waals surface area (Å²) >= 11 is 6.29. The lowest BCUT2D eigenvalue weighted by atomic mass is 10.1. The van der Waals surface area contributed by atoms with E-state index in [1.54, 1.807) is 6.92 Å². The molecule has 2 aromatic carbocycles. The van der Waals surface area contributed by atoms with Crippen molar-refractivity contribution in [1.82, 2.24) is 9.55 Å². The molecule has 130 valence electrons. The average Bonchev–Trinajstić information content (AvgIpc) is 3.02. The van der Waals surface area contributed by atoms with Crippen molar-refractivity contribution < 1.29 is 9.53 Å². The Kier molecular flexibility index (Phi) is 5.39. The molecule has 0 saturated carbocycles. The van der Waals surface area contributed by atoms with E-state index in [4.69, 9.17) is 16.3 Å². The summed E-state index contributed by atoms with van der Waals surface area (Å²) in [6.45, 7) is 4.29. The van der Waals surface area contributed by atoms with Crippen LogP contribution in [0.25, 0.3) is 16.7 Å². The van der Waals surface area contributed by atoms with Crippen molar-refractivity contribution in [2.24, 2.45) is 0 Å². The normalized spacial score (nSPS) is 11.0. The molecule has 0 fully saturated rings. The Labute approximate surface area is 152 Å². The molecule has 0 amide bonds. The highest BCUT2D eigenvalue weighted by Crippen LogP contribution is 2.27. The number of para-hydroxylation sites is 1. The number of nitrogens with zero attached hydrogens (tertiary/aromatic N) is 2. The van der Waals surface area contributed by atoms with Gasteiger partial charge in [0.15, 0.2) is 0 Å². The Balaban J connectivity index is 1.86. The minimum atomic E-state index is -0.161. The van der Waals surface area contributed by atoms with Crippen molar-refractivity contribution in [2.75, 3.05) is 6.61 Å². The predicted molar refractivity (Wildman–Crippen MR) is 100 cm³/mol. The van der Waals surface area contributed by atoms with Gasteiger partial charge >= 0.3 is 5.97 Å². The summed E-state index contributed by atoms with van der Waals surface area (Å²) in [5.41, 5.74) is 4.02. The first kappa shape index (κ1) is 17.5. The number of benzene rings is 2. The maximum atomic E-state index is 11.2. The molecule has 0 atom stereocenters. The van der Waals surface area contributed by atoms with Crippen LogP contribution in [-0.4, -0.2) is 22.1 Å². The molecule has 0 aliphatic carbocycles. The molecular weight excluding hydrogens is 336 g/mol. The van der Waals surface area contributed by atoms with E-state index in [-0.39, 0.29) is 5.97 Å². The number of ether oxygens (including phenoxy) is 1. The number of rotatable bonds is 6. The highest BCUT2D eigenvalue weighted by atomic mass is 35.5. The smallest absolute Gasteiger partial charge is 0.305 e. The zero-order valence-corrected chi connectivity index (χ0v) is 15.2. The molecule has 25 heavy (non-hydrogen) atoms. The lowest BCUT2D eigenvalue weighted by Crippen LogP contribution is -2.06. The minimum Gasteiger partial charge on any atom is -0.465 e. The third-order valence-corrected chi connectivity index (χ3v) is 4.46. The fourth-order valence-corrected chi connectivity index (χ4v) is 3.05. The van der Waals surface area contributed by atoms with Crippen LogP contribution < -0.4 is 0 Å². The quantitative estimate of drug-likeness (QED) is 0.599. The van der Waals surface area contributed by atoms with E-state index in [1.165, 1.54) is 0 Å². The van der Waals surface area contributed by atoms with E-state index in [0.717, 1.165) is 34.5 Å². The number of aryl methyl sites for hydroxylation is 1. The monoisotopic (exact) mass is 356 g/mol. The summed E-state index contributed by atoms with van der Waals surface area (Å²) in [5.74, 6) is 0.818. The van der Waals surface area contributed by atoms with Gasteiger partial charge in [-0.2, -0.15) is 0 Å². The summed E-state index contributed by atoms with van der Waals surface area (Å²) in [4.78, 5) is 15.9. The number of halogens is 1. The van der Waals surface area contributed by atoms with Crippen molar-refractivity contribution in [3.63, 3.8) is 0 Å². The number of carbonyl (C=O) groups is 1. The molecule has 0 aliphatic heterocycles. The van der Waals surface area contributed by atoms with Crippen LogP contribution in [-0.2, 0) is 22.4 Å². The number of esters is 1. The van der Waals surface area contributed by atoms with Gasteiger partial charge in [-0.05, 0) is 29.8 Å². The van der Waals surface area contributed by atoms with Crippen molar-refractivity contribution in [3.05, 3.63) is 58.9 Å². The topological polar surface area (TPSA) is 44.1 Å². The number of fused-ring (bicyclic) bond motifs is 1. The highest BCUT2D eigenvalue weighted by molar-refractivity contribution is 6.34. The molecule has 3 aromatic rings. The van der Waals surface area contributed by atoms with Gasteiger partial charge in [0.2, 0.25) is 0 Å². The molecule has 0 spiro atoms. The van der Waals surface area contributed by atoms with Crippen LogP contribution in [0, 0.1) is 0 Å². The van der Waals surface area contributed by atoms with E-state index >= 15 is 0 Å². The zero-order valence-electron chi connectivity index (χ0n) is 14.5. The van der Waals surface area contributed by atoms with Crippen molar-refractivity contribution in [3.8, 4) is 5.69 Å². The lowest BCUT2D eigenvalue weighted by Gasteiger charge is -2.10. The first-order chi connectivity index (χ1) is 12.1. The van der Waals surface area contributed by atoms with Gasteiger partial charge < -0.3 is 4.74 Å². The molecule has 0 saturated heterocycles. The third kappa shape index (κ3) is 3.69. The van der Waals surface area contributed by atoms with Gasteiger partial charge in [0, 0.05) is 24.9 Å². The van der Waals surface area contributed by atoms with Gasteiger partial charge in [-0.25, -0.2) is 4.98 Å². The molecule has 0 bridgehead atoms. The van der Waals surface area contributed by atoms with Crippen LogP contribution in [0.1, 0.15) is 31.7 Å². The van der Waals surface area contributed by atoms with Gasteiger partial charge in [0.25, 0.3) is 0 Å². The highest BCUT2D eigenvalue weighted by Gasteiger charge is 2.13. The number of hydrogen-bond donors (Lipinski definition) is 0. The molecule has 0 unspecified atom stereocenters. The Morgan fingerprint density at radius 3 is 2.60 bits per heavy atom. The first-order valence-electron chi connectivity index (χ1n) is 8.54. The maximum absolute atomic E-state index is 11.2. The summed E-state index contributed by atoms with van der Waals surface area (Å²) in [5, 5.41) is 0.667. The van der Waals surface area contributed by atoms with Gasteiger partial charge in [-0.3, -0.25) is 9.36 Å². The first-order valence-corrected chi connectivity index (χ1v) is 8.92. The van der Waals surface area contributed by atoms with Crippen LogP contribution in [0.2, 0.25) is 5.02 Å². The van der Waals surface area contributed by atoms with Crippen LogP contribution in [0.4, 0.5) is 0 Å². The maximum Gasteiger partial charge on any atom is 0.305 e. The molecule has 1 aromatic heterocycles. The van der Waals surface area contributed by atoms with E-state index in [1.807, 2.05) is 18.2 Å². The van der Waals surface area contributed by atoms with Crippen molar-refractivity contribution >= 4 is 28.6 Å². The molecule has 3 rings (SSSR count). The number of aromatic nitrogens is 2. The second-order valence-electron chi connectivity index (χ2n) is 5.82. The Morgan fingerprint density at radius 2 is 1.92 bits per heavy atom. The second kappa shape index (κ2) is 7.70. The largest absolute Gasteiger partial charge is 0.465 e. The summed E-state index contributed by atoms with van der Waals surface area (Å²) in [6.07, 6.45) is 1.94. The number of hydrogen-bond acceptors (Lipinski definition) is 3. The van der Waals surface area contributed by atoms with Crippen LogP contribution in [0.3, 0.4) is 0 Å². The molecule has 1 heterocycles. The molecule has 0 radical (unpaired) electrons.